The molecule has 0 unspecified atom stereocenters. The number of fused-ring (bicyclic) bond motifs is 1. The van der Waals surface area contributed by atoms with Crippen LogP contribution in [0.4, 0.5) is 5.69 Å². The molecular weight excluding hydrogens is 390 g/mol. The molecule has 0 bridgehead atoms. The van der Waals surface area contributed by atoms with Crippen molar-refractivity contribution in [1.29, 1.82) is 0 Å². The van der Waals surface area contributed by atoms with Crippen LogP contribution in [0, 0.1) is 10.1 Å². The Balaban J connectivity index is 1.95. The van der Waals surface area contributed by atoms with E-state index in [-0.39, 0.29) is 16.5 Å². The van der Waals surface area contributed by atoms with Crippen molar-refractivity contribution in [2.24, 2.45) is 0 Å². The molecule has 0 saturated carbocycles. The average Bonchev–Trinajstić information content (AvgIpc) is 2.73. The fourth-order valence-corrected chi connectivity index (χ4v) is 4.07. The summed E-state index contributed by atoms with van der Waals surface area (Å²) in [6, 6.07) is 13.8. The standard InChI is InChI=1S/C21H23N3O4S/c1-3-28-13-7-12-23-20(25)18-10-4-5-11-19(18)22-21(23)29-15(2)16-8-6-9-17(14-16)24(26)27/h4-6,8-11,14-15H,3,7,12-13H2,1-2H3/t15-/m0/s1. The van der Waals surface area contributed by atoms with Gasteiger partial charge in [-0.1, -0.05) is 36.0 Å². The minimum atomic E-state index is -0.404. The predicted molar refractivity (Wildman–Crippen MR) is 114 cm³/mol. The Morgan fingerprint density at radius 1 is 1.24 bits per heavy atom. The van der Waals surface area contributed by atoms with Crippen LogP contribution in [0.5, 0.6) is 0 Å². The first-order valence-corrected chi connectivity index (χ1v) is 10.4. The maximum Gasteiger partial charge on any atom is 0.269 e. The first kappa shape index (κ1) is 21.0. The smallest absolute Gasteiger partial charge is 0.269 e. The Labute approximate surface area is 172 Å². The van der Waals surface area contributed by atoms with Gasteiger partial charge >= 0.3 is 0 Å². The fourth-order valence-electron chi connectivity index (χ4n) is 3.02. The van der Waals surface area contributed by atoms with E-state index in [1.165, 1.54) is 17.8 Å². The molecule has 1 atom stereocenters. The van der Waals surface area contributed by atoms with E-state index in [9.17, 15) is 14.9 Å². The predicted octanol–water partition coefficient (Wildman–Crippen LogP) is 4.58. The summed E-state index contributed by atoms with van der Waals surface area (Å²) in [6.07, 6.45) is 0.701. The van der Waals surface area contributed by atoms with Crippen molar-refractivity contribution in [3.63, 3.8) is 0 Å². The first-order valence-electron chi connectivity index (χ1n) is 9.49. The summed E-state index contributed by atoms with van der Waals surface area (Å²) >= 11 is 1.42. The number of nitrogens with zero attached hydrogens (tertiary/aromatic N) is 3. The number of benzene rings is 2. The summed E-state index contributed by atoms with van der Waals surface area (Å²) in [5, 5.41) is 12.2. The summed E-state index contributed by atoms with van der Waals surface area (Å²) in [6.45, 7) is 5.60. The molecule has 0 radical (unpaired) electrons. The summed E-state index contributed by atoms with van der Waals surface area (Å²) < 4.78 is 7.08. The molecule has 152 valence electrons. The lowest BCUT2D eigenvalue weighted by Crippen LogP contribution is -2.24. The Bertz CT molecular complexity index is 1070. The van der Waals surface area contributed by atoms with Crippen molar-refractivity contribution in [1.82, 2.24) is 9.55 Å². The molecule has 0 aliphatic rings. The van der Waals surface area contributed by atoms with Gasteiger partial charge in [-0.25, -0.2) is 4.98 Å². The van der Waals surface area contributed by atoms with Crippen LogP contribution in [-0.2, 0) is 11.3 Å². The van der Waals surface area contributed by atoms with Crippen LogP contribution < -0.4 is 5.56 Å². The third kappa shape index (κ3) is 5.02. The first-order chi connectivity index (χ1) is 14.0. The molecule has 0 aliphatic heterocycles. The van der Waals surface area contributed by atoms with E-state index < -0.39 is 4.92 Å². The average molecular weight is 413 g/mol. The van der Waals surface area contributed by atoms with E-state index in [1.807, 2.05) is 38.1 Å². The lowest BCUT2D eigenvalue weighted by atomic mass is 10.1. The van der Waals surface area contributed by atoms with Gasteiger partial charge < -0.3 is 4.74 Å². The highest BCUT2D eigenvalue weighted by molar-refractivity contribution is 7.99. The Morgan fingerprint density at radius 2 is 2.03 bits per heavy atom. The maximum absolute atomic E-state index is 13.1. The molecule has 0 fully saturated rings. The molecule has 0 spiro atoms. The lowest BCUT2D eigenvalue weighted by molar-refractivity contribution is -0.384. The topological polar surface area (TPSA) is 87.3 Å². The number of hydrogen-bond donors (Lipinski definition) is 0. The van der Waals surface area contributed by atoms with Gasteiger partial charge in [-0.3, -0.25) is 19.5 Å². The number of non-ortho nitro benzene ring substituents is 1. The lowest BCUT2D eigenvalue weighted by Gasteiger charge is -2.16. The molecule has 2 aromatic carbocycles. The van der Waals surface area contributed by atoms with E-state index in [2.05, 4.69) is 0 Å². The Hall–Kier alpha value is -2.71. The van der Waals surface area contributed by atoms with E-state index in [0.717, 1.165) is 5.56 Å². The zero-order chi connectivity index (χ0) is 20.8. The summed E-state index contributed by atoms with van der Waals surface area (Å²) in [7, 11) is 0. The van der Waals surface area contributed by atoms with Crippen molar-refractivity contribution in [2.75, 3.05) is 13.2 Å². The van der Waals surface area contributed by atoms with Crippen molar-refractivity contribution < 1.29 is 9.66 Å². The number of para-hydroxylation sites is 1. The monoisotopic (exact) mass is 413 g/mol. The maximum atomic E-state index is 13.1. The van der Waals surface area contributed by atoms with Crippen LogP contribution >= 0.6 is 11.8 Å². The van der Waals surface area contributed by atoms with Gasteiger partial charge in [0.1, 0.15) is 0 Å². The molecule has 1 aromatic heterocycles. The van der Waals surface area contributed by atoms with E-state index in [0.29, 0.717) is 42.2 Å². The zero-order valence-corrected chi connectivity index (χ0v) is 17.2. The summed E-state index contributed by atoms with van der Waals surface area (Å²) in [5.74, 6) is 0. The van der Waals surface area contributed by atoms with Crippen molar-refractivity contribution in [2.45, 2.75) is 37.2 Å². The number of ether oxygens (including phenoxy) is 1. The molecule has 0 N–H and O–H groups in total. The highest BCUT2D eigenvalue weighted by atomic mass is 32.2. The zero-order valence-electron chi connectivity index (χ0n) is 16.4. The van der Waals surface area contributed by atoms with Gasteiger partial charge in [0.05, 0.1) is 15.8 Å². The fraction of sp³-hybridized carbons (Fsp3) is 0.333. The molecular formula is C21H23N3O4S. The van der Waals surface area contributed by atoms with Crippen molar-refractivity contribution in [3.05, 3.63) is 74.6 Å². The van der Waals surface area contributed by atoms with Crippen LogP contribution in [-0.4, -0.2) is 27.7 Å². The van der Waals surface area contributed by atoms with E-state index in [1.54, 1.807) is 22.8 Å². The van der Waals surface area contributed by atoms with Gasteiger partial charge in [-0.05, 0) is 38.0 Å². The number of aromatic nitrogens is 2. The number of nitro groups is 1. The highest BCUT2D eigenvalue weighted by Gasteiger charge is 2.17. The molecule has 3 rings (SSSR count). The quantitative estimate of drug-likeness (QED) is 0.168. The summed E-state index contributed by atoms with van der Waals surface area (Å²) in [4.78, 5) is 28.4. The Morgan fingerprint density at radius 3 is 2.79 bits per heavy atom. The molecule has 0 aliphatic carbocycles. The Kier molecular flexibility index (Phi) is 7.00. The molecule has 7 nitrogen and oxygen atoms in total. The van der Waals surface area contributed by atoms with Crippen LogP contribution in [0.3, 0.4) is 0 Å². The van der Waals surface area contributed by atoms with Crippen LogP contribution in [0.25, 0.3) is 10.9 Å². The van der Waals surface area contributed by atoms with Gasteiger partial charge in [0.25, 0.3) is 11.2 Å². The highest BCUT2D eigenvalue weighted by Crippen LogP contribution is 2.35. The largest absolute Gasteiger partial charge is 0.382 e. The third-order valence-electron chi connectivity index (χ3n) is 4.53. The number of rotatable bonds is 9. The molecule has 3 aromatic rings. The number of thioether (sulfide) groups is 1. The molecule has 29 heavy (non-hydrogen) atoms. The van der Waals surface area contributed by atoms with Crippen LogP contribution in [0.15, 0.2) is 58.5 Å². The van der Waals surface area contributed by atoms with Crippen molar-refractivity contribution >= 4 is 28.4 Å². The minimum absolute atomic E-state index is 0.0514. The molecule has 1 heterocycles. The van der Waals surface area contributed by atoms with Gasteiger partial charge in [0, 0.05) is 37.1 Å². The molecule has 8 heteroatoms. The summed E-state index contributed by atoms with van der Waals surface area (Å²) in [5.41, 5.74) is 1.43. The minimum Gasteiger partial charge on any atom is -0.382 e. The molecule has 0 amide bonds. The van der Waals surface area contributed by atoms with E-state index >= 15 is 0 Å². The second-order valence-electron chi connectivity index (χ2n) is 6.53. The van der Waals surface area contributed by atoms with E-state index in [4.69, 9.17) is 9.72 Å². The van der Waals surface area contributed by atoms with Gasteiger partial charge in [0.2, 0.25) is 0 Å². The number of hydrogen-bond acceptors (Lipinski definition) is 6. The normalized spacial score (nSPS) is 12.2. The number of nitro benzene ring substituents is 1. The van der Waals surface area contributed by atoms with Gasteiger partial charge in [-0.2, -0.15) is 0 Å². The third-order valence-corrected chi connectivity index (χ3v) is 5.68. The van der Waals surface area contributed by atoms with Crippen LogP contribution in [0.2, 0.25) is 0 Å². The van der Waals surface area contributed by atoms with Gasteiger partial charge in [0.15, 0.2) is 5.16 Å². The molecule has 0 saturated heterocycles. The second-order valence-corrected chi connectivity index (χ2v) is 7.84. The van der Waals surface area contributed by atoms with Crippen molar-refractivity contribution in [3.8, 4) is 0 Å². The second kappa shape index (κ2) is 9.67. The SMILES string of the molecule is CCOCCCn1c(S[C@@H](C)c2cccc([N+](=O)[O-])c2)nc2ccccc2c1=O. The van der Waals surface area contributed by atoms with Crippen LogP contribution in [0.1, 0.15) is 31.1 Å². The van der Waals surface area contributed by atoms with Gasteiger partial charge in [-0.15, -0.1) is 0 Å².